The number of para-hydroxylation sites is 1. The largest absolute Gasteiger partial charge is 0.464 e. The lowest BCUT2D eigenvalue weighted by atomic mass is 10.1. The molecule has 0 amide bonds. The topological polar surface area (TPSA) is 38.1 Å². The Kier molecular flexibility index (Phi) is 3.36. The Balaban J connectivity index is 1.77. The van der Waals surface area contributed by atoms with Gasteiger partial charge in [0.05, 0.1) is 17.5 Å². The molecule has 0 saturated carbocycles. The Hall–Kier alpha value is -1.65. The van der Waals surface area contributed by atoms with Crippen molar-refractivity contribution >= 4 is 22.3 Å². The van der Waals surface area contributed by atoms with E-state index in [4.69, 9.17) is 4.42 Å². The van der Waals surface area contributed by atoms with Gasteiger partial charge in [0.1, 0.15) is 5.58 Å². The van der Waals surface area contributed by atoms with E-state index in [-0.39, 0.29) is 6.04 Å². The summed E-state index contributed by atoms with van der Waals surface area (Å²) < 4.78 is 5.58. The summed E-state index contributed by atoms with van der Waals surface area (Å²) in [5, 5.41) is 4.71. The van der Waals surface area contributed by atoms with E-state index < -0.39 is 0 Å². The summed E-state index contributed by atoms with van der Waals surface area (Å²) in [5.41, 5.74) is 5.16. The van der Waals surface area contributed by atoms with E-state index in [0.717, 1.165) is 17.8 Å². The van der Waals surface area contributed by atoms with Gasteiger partial charge >= 0.3 is 0 Å². The zero-order chi connectivity index (χ0) is 13.2. The number of thiazole rings is 1. The Morgan fingerprint density at radius 2 is 2.21 bits per heavy atom. The van der Waals surface area contributed by atoms with E-state index >= 15 is 0 Å². The Morgan fingerprint density at radius 1 is 1.37 bits per heavy atom. The molecule has 3 rings (SSSR count). The van der Waals surface area contributed by atoms with Crippen molar-refractivity contribution in [1.29, 1.82) is 0 Å². The lowest BCUT2D eigenvalue weighted by Crippen LogP contribution is -2.17. The average Bonchev–Trinajstić information content (AvgIpc) is 3.02. The normalized spacial score (nSPS) is 12.9. The first-order chi connectivity index (χ1) is 9.25. The van der Waals surface area contributed by atoms with Crippen molar-refractivity contribution < 1.29 is 4.42 Å². The molecule has 0 radical (unpaired) electrons. The van der Waals surface area contributed by atoms with Crippen molar-refractivity contribution in [2.75, 3.05) is 0 Å². The highest BCUT2D eigenvalue weighted by atomic mass is 32.1. The summed E-state index contributed by atoms with van der Waals surface area (Å²) in [7, 11) is 0. The van der Waals surface area contributed by atoms with Gasteiger partial charge in [0.25, 0.3) is 0 Å². The molecule has 3 aromatic rings. The first-order valence-electron chi connectivity index (χ1n) is 6.34. The number of aromatic nitrogens is 1. The number of rotatable bonds is 4. The molecule has 0 saturated heterocycles. The van der Waals surface area contributed by atoms with Crippen molar-refractivity contribution in [3.05, 3.63) is 52.2 Å². The molecule has 98 valence electrons. The molecule has 2 heterocycles. The molecule has 1 unspecified atom stereocenters. The Morgan fingerprint density at radius 3 is 3.00 bits per heavy atom. The maximum atomic E-state index is 5.58. The van der Waals surface area contributed by atoms with Gasteiger partial charge in [-0.25, -0.2) is 4.98 Å². The van der Waals surface area contributed by atoms with Crippen molar-refractivity contribution in [2.24, 2.45) is 0 Å². The quantitative estimate of drug-likeness (QED) is 0.778. The smallest absolute Gasteiger partial charge is 0.134 e. The summed E-state index contributed by atoms with van der Waals surface area (Å²) in [4.78, 5) is 5.56. The van der Waals surface area contributed by atoms with Crippen LogP contribution in [0.15, 0.2) is 40.5 Å². The number of hydrogen-bond acceptors (Lipinski definition) is 4. The minimum absolute atomic E-state index is 0.255. The van der Waals surface area contributed by atoms with Gasteiger partial charge in [-0.1, -0.05) is 18.2 Å². The van der Waals surface area contributed by atoms with E-state index in [1.165, 1.54) is 15.8 Å². The molecule has 3 nitrogen and oxygen atoms in total. The molecule has 0 aliphatic rings. The van der Waals surface area contributed by atoms with Crippen LogP contribution in [0.25, 0.3) is 11.0 Å². The fourth-order valence-electron chi connectivity index (χ4n) is 2.19. The number of nitrogens with zero attached hydrogens (tertiary/aromatic N) is 1. The number of furan rings is 1. The lowest BCUT2D eigenvalue weighted by Gasteiger charge is -2.12. The average molecular weight is 272 g/mol. The third kappa shape index (κ3) is 2.41. The van der Waals surface area contributed by atoms with Crippen LogP contribution >= 0.6 is 11.3 Å². The summed E-state index contributed by atoms with van der Waals surface area (Å²) in [5.74, 6) is 0. The Bertz CT molecular complexity index is 686. The SMILES string of the molecule is Cc1ncsc1CNC(C)c1coc2ccccc12. The van der Waals surface area contributed by atoms with Gasteiger partial charge in [0.15, 0.2) is 0 Å². The van der Waals surface area contributed by atoms with Gasteiger partial charge in [-0.2, -0.15) is 0 Å². The highest BCUT2D eigenvalue weighted by Crippen LogP contribution is 2.26. The number of nitrogens with one attached hydrogen (secondary N) is 1. The number of aryl methyl sites for hydroxylation is 1. The minimum atomic E-state index is 0.255. The predicted molar refractivity (Wildman–Crippen MR) is 78.3 cm³/mol. The standard InChI is InChI=1S/C15H16N2OS/c1-10(16-7-15-11(2)17-9-19-15)13-8-18-14-6-4-3-5-12(13)14/h3-6,8-10,16H,7H2,1-2H3. The molecular formula is C15H16N2OS. The first-order valence-corrected chi connectivity index (χ1v) is 7.22. The molecule has 0 fully saturated rings. The second-order valence-corrected chi connectivity index (χ2v) is 5.59. The highest BCUT2D eigenvalue weighted by molar-refractivity contribution is 7.09. The van der Waals surface area contributed by atoms with E-state index in [2.05, 4.69) is 23.3 Å². The van der Waals surface area contributed by atoms with E-state index in [9.17, 15) is 0 Å². The summed E-state index contributed by atoms with van der Waals surface area (Å²) in [6.45, 7) is 5.05. The van der Waals surface area contributed by atoms with Crippen LogP contribution < -0.4 is 5.32 Å². The first kappa shape index (κ1) is 12.4. The molecule has 0 aliphatic heterocycles. The molecular weight excluding hydrogens is 256 g/mol. The maximum absolute atomic E-state index is 5.58. The van der Waals surface area contributed by atoms with Crippen LogP contribution in [0, 0.1) is 6.92 Å². The van der Waals surface area contributed by atoms with Gasteiger partial charge in [0, 0.05) is 28.4 Å². The molecule has 1 aromatic carbocycles. The fraction of sp³-hybridized carbons (Fsp3) is 0.267. The van der Waals surface area contributed by atoms with Gasteiger partial charge in [0.2, 0.25) is 0 Å². The lowest BCUT2D eigenvalue weighted by molar-refractivity contribution is 0.556. The molecule has 1 N–H and O–H groups in total. The van der Waals surface area contributed by atoms with Crippen LogP contribution in [0.4, 0.5) is 0 Å². The molecule has 19 heavy (non-hydrogen) atoms. The minimum Gasteiger partial charge on any atom is -0.464 e. The summed E-state index contributed by atoms with van der Waals surface area (Å²) in [6, 6.07) is 8.39. The second kappa shape index (κ2) is 5.15. The van der Waals surface area contributed by atoms with Crippen molar-refractivity contribution in [2.45, 2.75) is 26.4 Å². The van der Waals surface area contributed by atoms with Gasteiger partial charge in [-0.15, -0.1) is 11.3 Å². The zero-order valence-electron chi connectivity index (χ0n) is 11.0. The van der Waals surface area contributed by atoms with Crippen LogP contribution in [0.2, 0.25) is 0 Å². The number of benzene rings is 1. The number of hydrogen-bond donors (Lipinski definition) is 1. The van der Waals surface area contributed by atoms with Crippen LogP contribution in [-0.4, -0.2) is 4.98 Å². The highest BCUT2D eigenvalue weighted by Gasteiger charge is 2.12. The number of fused-ring (bicyclic) bond motifs is 1. The summed E-state index contributed by atoms with van der Waals surface area (Å²) >= 11 is 1.70. The van der Waals surface area contributed by atoms with E-state index in [0.29, 0.717) is 0 Å². The molecule has 2 aromatic heterocycles. The second-order valence-electron chi connectivity index (χ2n) is 4.65. The molecule has 0 bridgehead atoms. The van der Waals surface area contributed by atoms with Crippen LogP contribution in [0.3, 0.4) is 0 Å². The predicted octanol–water partition coefficient (Wildman–Crippen LogP) is 4.05. The molecule has 4 heteroatoms. The van der Waals surface area contributed by atoms with E-state index in [1.54, 1.807) is 11.3 Å². The third-order valence-electron chi connectivity index (χ3n) is 3.39. The Labute approximate surface area is 116 Å². The van der Waals surface area contributed by atoms with Crippen LogP contribution in [0.5, 0.6) is 0 Å². The van der Waals surface area contributed by atoms with Crippen molar-refractivity contribution in [3.8, 4) is 0 Å². The van der Waals surface area contributed by atoms with Gasteiger partial charge in [-0.3, -0.25) is 0 Å². The van der Waals surface area contributed by atoms with Gasteiger partial charge < -0.3 is 9.73 Å². The van der Waals surface area contributed by atoms with Crippen LogP contribution in [0.1, 0.15) is 29.1 Å². The third-order valence-corrected chi connectivity index (χ3v) is 4.33. The molecule has 1 atom stereocenters. The monoisotopic (exact) mass is 272 g/mol. The summed E-state index contributed by atoms with van der Waals surface area (Å²) in [6.07, 6.45) is 1.85. The van der Waals surface area contributed by atoms with Crippen molar-refractivity contribution in [1.82, 2.24) is 10.3 Å². The van der Waals surface area contributed by atoms with Gasteiger partial charge in [-0.05, 0) is 19.9 Å². The fourth-order valence-corrected chi connectivity index (χ4v) is 2.91. The molecule has 0 aliphatic carbocycles. The maximum Gasteiger partial charge on any atom is 0.134 e. The van der Waals surface area contributed by atoms with Crippen molar-refractivity contribution in [3.63, 3.8) is 0 Å². The molecule has 0 spiro atoms. The van der Waals surface area contributed by atoms with E-state index in [1.807, 2.05) is 36.9 Å². The van der Waals surface area contributed by atoms with Crippen LogP contribution in [-0.2, 0) is 6.54 Å². The zero-order valence-corrected chi connectivity index (χ0v) is 11.8.